The summed E-state index contributed by atoms with van der Waals surface area (Å²) in [6.45, 7) is 1.44. The molecule has 1 saturated heterocycles. The molecular weight excluding hydrogens is 353 g/mol. The summed E-state index contributed by atoms with van der Waals surface area (Å²) in [5.41, 5.74) is 0.262. The molecule has 1 fully saturated rings. The van der Waals surface area contributed by atoms with Gasteiger partial charge in [0.05, 0.1) is 10.9 Å². The third kappa shape index (κ3) is 2.77. The zero-order chi connectivity index (χ0) is 17.6. The average Bonchev–Trinajstić information content (AvgIpc) is 3.18. The van der Waals surface area contributed by atoms with Crippen LogP contribution in [-0.4, -0.2) is 37.7 Å². The predicted molar refractivity (Wildman–Crippen MR) is 86.1 cm³/mol. The van der Waals surface area contributed by atoms with Gasteiger partial charge in [0.2, 0.25) is 10.8 Å². The van der Waals surface area contributed by atoms with Gasteiger partial charge in [-0.25, -0.2) is 18.2 Å². The Hall–Kier alpha value is -2.13. The van der Waals surface area contributed by atoms with Crippen molar-refractivity contribution in [2.45, 2.75) is 25.3 Å². The van der Waals surface area contributed by atoms with Crippen molar-refractivity contribution in [1.82, 2.24) is 19.5 Å². The maximum absolute atomic E-state index is 13.8. The van der Waals surface area contributed by atoms with E-state index in [1.165, 1.54) is 22.2 Å². The highest BCUT2D eigenvalue weighted by Crippen LogP contribution is 2.41. The number of piperidine rings is 1. The van der Waals surface area contributed by atoms with Crippen LogP contribution in [0.1, 0.15) is 35.7 Å². The lowest BCUT2D eigenvalue weighted by atomic mass is 10.00. The van der Waals surface area contributed by atoms with Crippen molar-refractivity contribution >= 4 is 16.3 Å². The van der Waals surface area contributed by atoms with Crippen LogP contribution in [0.4, 0.5) is 13.2 Å². The number of likely N-dealkylation sites (tertiary alicyclic amines) is 1. The van der Waals surface area contributed by atoms with Crippen LogP contribution in [0.3, 0.4) is 0 Å². The van der Waals surface area contributed by atoms with E-state index in [0.717, 1.165) is 44.5 Å². The molecule has 1 aliphatic heterocycles. The summed E-state index contributed by atoms with van der Waals surface area (Å²) in [4.78, 5) is 7.07. The van der Waals surface area contributed by atoms with Gasteiger partial charge in [-0.1, -0.05) is 17.8 Å². The summed E-state index contributed by atoms with van der Waals surface area (Å²) in [7, 11) is 0. The molecule has 1 atom stereocenters. The van der Waals surface area contributed by atoms with Crippen LogP contribution in [-0.2, 0) is 0 Å². The van der Waals surface area contributed by atoms with E-state index < -0.39 is 23.5 Å². The third-order valence-electron chi connectivity index (χ3n) is 4.46. The maximum Gasteiger partial charge on any atom is 0.230 e. The summed E-state index contributed by atoms with van der Waals surface area (Å²) in [5.74, 6) is -4.09. The van der Waals surface area contributed by atoms with Crippen LogP contribution < -0.4 is 0 Å². The molecule has 2 aromatic heterocycles. The summed E-state index contributed by atoms with van der Waals surface area (Å²) in [6.07, 6.45) is 4.30. The van der Waals surface area contributed by atoms with E-state index in [9.17, 15) is 18.3 Å². The minimum absolute atomic E-state index is 0.113. The van der Waals surface area contributed by atoms with Crippen molar-refractivity contribution in [3.63, 3.8) is 0 Å². The minimum atomic E-state index is -1.49. The topological polar surface area (TPSA) is 53.7 Å². The number of hydrogen-bond donors (Lipinski definition) is 1. The van der Waals surface area contributed by atoms with Crippen LogP contribution >= 0.6 is 11.3 Å². The fourth-order valence-corrected chi connectivity index (χ4v) is 4.40. The average molecular weight is 368 g/mol. The van der Waals surface area contributed by atoms with E-state index in [1.807, 2.05) is 4.90 Å². The second kappa shape index (κ2) is 6.30. The Morgan fingerprint density at radius 2 is 1.76 bits per heavy atom. The van der Waals surface area contributed by atoms with Gasteiger partial charge in [-0.2, -0.15) is 9.61 Å². The molecule has 25 heavy (non-hydrogen) atoms. The van der Waals surface area contributed by atoms with Crippen LogP contribution in [0.5, 0.6) is 5.88 Å². The van der Waals surface area contributed by atoms with Crippen LogP contribution in [0.25, 0.3) is 4.96 Å². The van der Waals surface area contributed by atoms with Crippen LogP contribution in [0, 0.1) is 17.5 Å². The molecule has 5 nitrogen and oxygen atoms in total. The van der Waals surface area contributed by atoms with Crippen molar-refractivity contribution in [3.05, 3.63) is 46.4 Å². The van der Waals surface area contributed by atoms with Gasteiger partial charge >= 0.3 is 0 Å². The Bertz CT molecular complexity index is 896. The second-order valence-corrected chi connectivity index (χ2v) is 7.05. The molecule has 1 aliphatic rings. The lowest BCUT2D eigenvalue weighted by Gasteiger charge is -2.34. The number of halogens is 3. The molecule has 3 aromatic rings. The van der Waals surface area contributed by atoms with Gasteiger partial charge in [-0.15, -0.1) is 0 Å². The van der Waals surface area contributed by atoms with Gasteiger partial charge in [0, 0.05) is 0 Å². The highest BCUT2D eigenvalue weighted by Gasteiger charge is 2.31. The first-order chi connectivity index (χ1) is 12.1. The number of nitrogens with zero attached hydrogens (tertiary/aromatic N) is 4. The van der Waals surface area contributed by atoms with E-state index in [2.05, 4.69) is 10.1 Å². The van der Waals surface area contributed by atoms with Gasteiger partial charge in [0.25, 0.3) is 0 Å². The van der Waals surface area contributed by atoms with E-state index in [-0.39, 0.29) is 11.4 Å². The molecule has 0 radical (unpaired) electrons. The van der Waals surface area contributed by atoms with Crippen LogP contribution in [0.15, 0.2) is 18.5 Å². The largest absolute Gasteiger partial charge is 0.492 e. The number of hydrogen-bond acceptors (Lipinski definition) is 5. The van der Waals surface area contributed by atoms with Crippen molar-refractivity contribution in [3.8, 4) is 5.88 Å². The Balaban J connectivity index is 1.87. The number of aromatic hydroxyl groups is 1. The first-order valence-electron chi connectivity index (χ1n) is 7.96. The van der Waals surface area contributed by atoms with Crippen molar-refractivity contribution in [2.75, 3.05) is 13.1 Å². The Kier molecular flexibility index (Phi) is 4.12. The number of thiazole rings is 1. The standard InChI is InChI=1S/C16H15F3N4OS/c17-10-6-9(7-11(18)12(10)19)13(22-4-2-1-3-5-22)14-15(24)23-16(25-14)20-8-21-23/h6-8,13,24H,1-5H2/t13-/m1/s1. The molecule has 9 heteroatoms. The second-order valence-electron chi connectivity index (χ2n) is 6.04. The summed E-state index contributed by atoms with van der Waals surface area (Å²) in [5, 5.41) is 14.5. The molecule has 0 amide bonds. The summed E-state index contributed by atoms with van der Waals surface area (Å²) < 4.78 is 42.3. The van der Waals surface area contributed by atoms with Crippen molar-refractivity contribution < 1.29 is 18.3 Å². The van der Waals surface area contributed by atoms with Crippen molar-refractivity contribution in [1.29, 1.82) is 0 Å². The molecule has 3 heterocycles. The summed E-state index contributed by atoms with van der Waals surface area (Å²) in [6, 6.07) is 1.40. The van der Waals surface area contributed by atoms with Gasteiger partial charge in [-0.3, -0.25) is 4.90 Å². The van der Waals surface area contributed by atoms with Gasteiger partial charge in [0.15, 0.2) is 17.5 Å². The zero-order valence-corrected chi connectivity index (χ0v) is 13.9. The maximum atomic E-state index is 13.8. The van der Waals surface area contributed by atoms with E-state index in [0.29, 0.717) is 9.84 Å². The smallest absolute Gasteiger partial charge is 0.230 e. The number of benzene rings is 1. The van der Waals surface area contributed by atoms with Gasteiger partial charge in [-0.05, 0) is 43.6 Å². The molecule has 0 unspecified atom stereocenters. The molecule has 0 saturated carbocycles. The number of rotatable bonds is 3. The first-order valence-corrected chi connectivity index (χ1v) is 8.78. The quantitative estimate of drug-likeness (QED) is 0.719. The molecular formula is C16H15F3N4OS. The first kappa shape index (κ1) is 16.3. The van der Waals surface area contributed by atoms with Gasteiger partial charge < -0.3 is 5.11 Å². The fraction of sp³-hybridized carbons (Fsp3) is 0.375. The number of aromatic nitrogens is 3. The molecule has 0 spiro atoms. The molecule has 4 rings (SSSR count). The molecule has 0 aliphatic carbocycles. The third-order valence-corrected chi connectivity index (χ3v) is 5.55. The minimum Gasteiger partial charge on any atom is -0.492 e. The molecule has 1 N–H and O–H groups in total. The summed E-state index contributed by atoms with van der Waals surface area (Å²) >= 11 is 1.20. The van der Waals surface area contributed by atoms with E-state index in [1.54, 1.807) is 0 Å². The SMILES string of the molecule is Oc1c([C@@H](c2cc(F)c(F)c(F)c2)N2CCCCC2)sc2ncnn12. The van der Waals surface area contributed by atoms with Crippen molar-refractivity contribution in [2.24, 2.45) is 0 Å². The monoisotopic (exact) mass is 368 g/mol. The predicted octanol–water partition coefficient (Wildman–Crippen LogP) is 3.49. The highest BCUT2D eigenvalue weighted by atomic mass is 32.1. The Morgan fingerprint density at radius 3 is 2.40 bits per heavy atom. The Morgan fingerprint density at radius 1 is 1.08 bits per heavy atom. The molecule has 0 bridgehead atoms. The fourth-order valence-electron chi connectivity index (χ4n) is 3.31. The lowest BCUT2D eigenvalue weighted by molar-refractivity contribution is 0.186. The lowest BCUT2D eigenvalue weighted by Crippen LogP contribution is -2.34. The molecule has 1 aromatic carbocycles. The van der Waals surface area contributed by atoms with Crippen LogP contribution in [0.2, 0.25) is 0 Å². The Labute approximate surface area is 145 Å². The zero-order valence-electron chi connectivity index (χ0n) is 13.1. The van der Waals surface area contributed by atoms with E-state index >= 15 is 0 Å². The molecule has 132 valence electrons. The highest BCUT2D eigenvalue weighted by molar-refractivity contribution is 7.17. The van der Waals surface area contributed by atoms with Gasteiger partial charge in [0.1, 0.15) is 6.33 Å². The van der Waals surface area contributed by atoms with E-state index in [4.69, 9.17) is 0 Å². The normalized spacial score (nSPS) is 17.2. The number of fused-ring (bicyclic) bond motifs is 1.